The number of nitrogens with one attached hydrogen (secondary N) is 2. The minimum atomic E-state index is -0.172. The topological polar surface area (TPSA) is 66.9 Å². The Morgan fingerprint density at radius 2 is 2.11 bits per heavy atom. The van der Waals surface area contributed by atoms with E-state index in [0.29, 0.717) is 21.2 Å². The van der Waals surface area contributed by atoms with Crippen molar-refractivity contribution >= 4 is 29.0 Å². The van der Waals surface area contributed by atoms with Crippen molar-refractivity contribution in [1.29, 1.82) is 0 Å². The highest BCUT2D eigenvalue weighted by Gasteiger charge is 2.09. The lowest BCUT2D eigenvalue weighted by molar-refractivity contribution is 0.0943. The van der Waals surface area contributed by atoms with Gasteiger partial charge in [0.25, 0.3) is 11.5 Å². The second kappa shape index (κ2) is 4.97. The van der Waals surface area contributed by atoms with E-state index >= 15 is 0 Å². The molecule has 19 heavy (non-hydrogen) atoms. The lowest BCUT2D eigenvalue weighted by atomic mass is 10.1. The van der Waals surface area contributed by atoms with Gasteiger partial charge in [-0.2, -0.15) is 0 Å². The average molecular weight is 277 g/mol. The lowest BCUT2D eigenvalue weighted by Crippen LogP contribution is -2.30. The smallest absolute Gasteiger partial charge is 0.261 e. The van der Waals surface area contributed by atoms with Crippen LogP contribution in [0.4, 0.5) is 0 Å². The summed E-state index contributed by atoms with van der Waals surface area (Å²) >= 11 is 5.05. The van der Waals surface area contributed by atoms with E-state index in [2.05, 4.69) is 10.3 Å². The fourth-order valence-corrected chi connectivity index (χ4v) is 1.99. The number of aromatic nitrogens is 2. The fourth-order valence-electron chi connectivity index (χ4n) is 1.79. The first-order valence-electron chi connectivity index (χ1n) is 5.94. The van der Waals surface area contributed by atoms with E-state index in [1.165, 1.54) is 4.57 Å². The summed E-state index contributed by atoms with van der Waals surface area (Å²) in [6, 6.07) is 4.98. The Morgan fingerprint density at radius 1 is 1.42 bits per heavy atom. The molecule has 0 spiro atoms. The van der Waals surface area contributed by atoms with Crippen molar-refractivity contribution in [3.63, 3.8) is 0 Å². The van der Waals surface area contributed by atoms with Gasteiger partial charge in [-0.1, -0.05) is 0 Å². The lowest BCUT2D eigenvalue weighted by Gasteiger charge is -2.09. The van der Waals surface area contributed by atoms with E-state index < -0.39 is 0 Å². The van der Waals surface area contributed by atoms with Gasteiger partial charge < -0.3 is 10.3 Å². The molecule has 1 aromatic carbocycles. The molecule has 0 bridgehead atoms. The van der Waals surface area contributed by atoms with E-state index in [1.807, 2.05) is 13.8 Å². The SMILES string of the molecule is CC(C)NC(=O)c1ccc2c(=O)n(C)c(=S)[nH]c2c1. The van der Waals surface area contributed by atoms with Crippen LogP contribution in [0.1, 0.15) is 24.2 Å². The molecule has 5 nitrogen and oxygen atoms in total. The molecule has 100 valence electrons. The number of carbonyl (C=O) groups excluding carboxylic acids is 1. The van der Waals surface area contributed by atoms with Gasteiger partial charge in [0.15, 0.2) is 4.77 Å². The minimum Gasteiger partial charge on any atom is -0.350 e. The number of aromatic amines is 1. The molecule has 0 atom stereocenters. The Bertz CT molecular complexity index is 759. The van der Waals surface area contributed by atoms with Gasteiger partial charge in [0, 0.05) is 18.7 Å². The molecule has 0 saturated carbocycles. The van der Waals surface area contributed by atoms with Crippen molar-refractivity contribution in [3.8, 4) is 0 Å². The van der Waals surface area contributed by atoms with Crippen molar-refractivity contribution < 1.29 is 4.79 Å². The van der Waals surface area contributed by atoms with E-state index in [9.17, 15) is 9.59 Å². The molecule has 2 N–H and O–H groups in total. The molecule has 0 radical (unpaired) electrons. The van der Waals surface area contributed by atoms with Gasteiger partial charge in [-0.3, -0.25) is 14.2 Å². The first-order chi connectivity index (χ1) is 8.90. The van der Waals surface area contributed by atoms with E-state index in [1.54, 1.807) is 25.2 Å². The number of fused-ring (bicyclic) bond motifs is 1. The highest BCUT2D eigenvalue weighted by Crippen LogP contribution is 2.10. The highest BCUT2D eigenvalue weighted by atomic mass is 32.1. The summed E-state index contributed by atoms with van der Waals surface area (Å²) in [7, 11) is 1.61. The molecule has 0 saturated heterocycles. The molecule has 1 heterocycles. The van der Waals surface area contributed by atoms with Crippen LogP contribution < -0.4 is 10.9 Å². The third kappa shape index (κ3) is 2.58. The van der Waals surface area contributed by atoms with Crippen molar-refractivity contribution in [2.75, 3.05) is 0 Å². The maximum Gasteiger partial charge on any atom is 0.261 e. The van der Waals surface area contributed by atoms with Crippen LogP contribution >= 0.6 is 12.2 Å². The number of hydrogen-bond donors (Lipinski definition) is 2. The van der Waals surface area contributed by atoms with Crippen molar-refractivity contribution in [1.82, 2.24) is 14.9 Å². The molecule has 2 rings (SSSR count). The molecule has 0 unspecified atom stereocenters. The second-order valence-corrected chi connectivity index (χ2v) is 5.07. The zero-order valence-electron chi connectivity index (χ0n) is 11.0. The Kier molecular flexibility index (Phi) is 3.53. The van der Waals surface area contributed by atoms with Gasteiger partial charge in [0.05, 0.1) is 10.9 Å². The fraction of sp³-hybridized carbons (Fsp3) is 0.308. The minimum absolute atomic E-state index is 0.0605. The van der Waals surface area contributed by atoms with Gasteiger partial charge in [0.1, 0.15) is 0 Å². The molecule has 0 aliphatic carbocycles. The van der Waals surface area contributed by atoms with Gasteiger partial charge in [-0.25, -0.2) is 0 Å². The number of nitrogens with zero attached hydrogens (tertiary/aromatic N) is 1. The number of benzene rings is 1. The number of hydrogen-bond acceptors (Lipinski definition) is 3. The zero-order valence-corrected chi connectivity index (χ0v) is 11.8. The number of rotatable bonds is 2. The number of carbonyl (C=O) groups is 1. The normalized spacial score (nSPS) is 10.9. The molecule has 2 aromatic rings. The predicted octanol–water partition coefficient (Wildman–Crippen LogP) is 1.73. The Hall–Kier alpha value is -1.95. The third-order valence-electron chi connectivity index (χ3n) is 2.78. The van der Waals surface area contributed by atoms with Gasteiger partial charge in [-0.05, 0) is 44.3 Å². The van der Waals surface area contributed by atoms with Crippen LogP contribution in [0.2, 0.25) is 0 Å². The van der Waals surface area contributed by atoms with Crippen LogP contribution in [0.15, 0.2) is 23.0 Å². The first-order valence-corrected chi connectivity index (χ1v) is 6.35. The summed E-state index contributed by atoms with van der Waals surface area (Å²) in [5, 5.41) is 3.31. The van der Waals surface area contributed by atoms with Crippen LogP contribution in [0.3, 0.4) is 0 Å². The van der Waals surface area contributed by atoms with Crippen LogP contribution in [0.25, 0.3) is 10.9 Å². The monoisotopic (exact) mass is 277 g/mol. The third-order valence-corrected chi connectivity index (χ3v) is 3.16. The summed E-state index contributed by atoms with van der Waals surface area (Å²) in [4.78, 5) is 26.8. The molecule has 1 amide bonds. The largest absolute Gasteiger partial charge is 0.350 e. The molecular formula is C13H15N3O2S. The highest BCUT2D eigenvalue weighted by molar-refractivity contribution is 7.71. The molecule has 1 aromatic heterocycles. The molecule has 0 aliphatic heterocycles. The standard InChI is InChI=1S/C13H15N3O2S/c1-7(2)14-11(17)8-4-5-9-10(6-8)15-13(19)16(3)12(9)18/h4-7H,1-3H3,(H,14,17)(H,15,19). The van der Waals surface area contributed by atoms with Crippen LogP contribution in [-0.4, -0.2) is 21.5 Å². The first kappa shape index (κ1) is 13.5. The Morgan fingerprint density at radius 3 is 2.74 bits per heavy atom. The summed E-state index contributed by atoms with van der Waals surface area (Å²) < 4.78 is 1.70. The maximum absolute atomic E-state index is 12.0. The van der Waals surface area contributed by atoms with E-state index in [0.717, 1.165) is 0 Å². The van der Waals surface area contributed by atoms with Crippen molar-refractivity contribution in [2.45, 2.75) is 19.9 Å². The molecule has 0 aliphatic rings. The Balaban J connectivity index is 2.59. The van der Waals surface area contributed by atoms with Crippen LogP contribution in [0, 0.1) is 4.77 Å². The second-order valence-electron chi connectivity index (χ2n) is 4.68. The summed E-state index contributed by atoms with van der Waals surface area (Å²) in [6.45, 7) is 3.78. The van der Waals surface area contributed by atoms with Gasteiger partial charge in [0.2, 0.25) is 0 Å². The van der Waals surface area contributed by atoms with Gasteiger partial charge >= 0.3 is 0 Å². The summed E-state index contributed by atoms with van der Waals surface area (Å²) in [6.07, 6.45) is 0. The molecule has 0 fully saturated rings. The van der Waals surface area contributed by atoms with Crippen LogP contribution in [0.5, 0.6) is 0 Å². The van der Waals surface area contributed by atoms with Crippen LogP contribution in [-0.2, 0) is 7.05 Å². The van der Waals surface area contributed by atoms with E-state index in [4.69, 9.17) is 12.2 Å². The quantitative estimate of drug-likeness (QED) is 0.822. The average Bonchev–Trinajstić information content (AvgIpc) is 2.34. The Labute approximate surface area is 115 Å². The zero-order chi connectivity index (χ0) is 14.2. The predicted molar refractivity (Wildman–Crippen MR) is 77.0 cm³/mol. The van der Waals surface area contributed by atoms with E-state index in [-0.39, 0.29) is 17.5 Å². The summed E-state index contributed by atoms with van der Waals surface area (Å²) in [5.41, 5.74) is 0.902. The number of H-pyrrole nitrogens is 1. The maximum atomic E-state index is 12.0. The number of amides is 1. The summed E-state index contributed by atoms with van der Waals surface area (Å²) in [5.74, 6) is -0.170. The molecular weight excluding hydrogens is 262 g/mol. The van der Waals surface area contributed by atoms with Crippen molar-refractivity contribution in [3.05, 3.63) is 38.9 Å². The molecule has 6 heteroatoms. The van der Waals surface area contributed by atoms with Crippen molar-refractivity contribution in [2.24, 2.45) is 7.05 Å². The van der Waals surface area contributed by atoms with Gasteiger partial charge in [-0.15, -0.1) is 0 Å².